The molecule has 0 spiro atoms. The SMILES string of the molecule is CC(C)(C)NCC1(N)C2CCCOC2C1(C)C. The summed E-state index contributed by atoms with van der Waals surface area (Å²) in [7, 11) is 0. The van der Waals surface area contributed by atoms with E-state index in [-0.39, 0.29) is 16.5 Å². The monoisotopic (exact) mass is 240 g/mol. The van der Waals surface area contributed by atoms with Gasteiger partial charge in [0.1, 0.15) is 0 Å². The number of nitrogens with two attached hydrogens (primary N) is 1. The van der Waals surface area contributed by atoms with E-state index in [1.54, 1.807) is 0 Å². The van der Waals surface area contributed by atoms with E-state index in [1.165, 1.54) is 6.42 Å². The Balaban J connectivity index is 2.07. The topological polar surface area (TPSA) is 47.3 Å². The summed E-state index contributed by atoms with van der Waals surface area (Å²) in [6.45, 7) is 12.9. The molecule has 1 aliphatic heterocycles. The third-order valence-electron chi connectivity index (χ3n) is 4.81. The molecule has 0 bridgehead atoms. The predicted octanol–water partition coefficient (Wildman–Crippen LogP) is 1.91. The third kappa shape index (κ3) is 2.02. The second-order valence-electron chi connectivity index (χ2n) is 7.41. The molecule has 0 aromatic rings. The molecule has 0 radical (unpaired) electrons. The van der Waals surface area contributed by atoms with Gasteiger partial charge in [0, 0.05) is 35.6 Å². The van der Waals surface area contributed by atoms with Gasteiger partial charge in [0.15, 0.2) is 0 Å². The molecule has 1 aliphatic carbocycles. The zero-order valence-electron chi connectivity index (χ0n) is 12.0. The summed E-state index contributed by atoms with van der Waals surface area (Å²) < 4.78 is 5.91. The number of hydrogen-bond acceptors (Lipinski definition) is 3. The summed E-state index contributed by atoms with van der Waals surface area (Å²) in [5.41, 5.74) is 6.79. The van der Waals surface area contributed by atoms with Crippen LogP contribution in [0.1, 0.15) is 47.5 Å². The minimum atomic E-state index is -0.120. The summed E-state index contributed by atoms with van der Waals surface area (Å²) in [5, 5.41) is 3.57. The fourth-order valence-corrected chi connectivity index (χ4v) is 3.44. The van der Waals surface area contributed by atoms with E-state index in [1.807, 2.05) is 0 Å². The molecule has 0 amide bonds. The van der Waals surface area contributed by atoms with Crippen LogP contribution in [0, 0.1) is 11.3 Å². The van der Waals surface area contributed by atoms with Crippen LogP contribution in [0.5, 0.6) is 0 Å². The zero-order valence-corrected chi connectivity index (χ0v) is 12.0. The van der Waals surface area contributed by atoms with E-state index >= 15 is 0 Å². The van der Waals surface area contributed by atoms with Gasteiger partial charge in [-0.1, -0.05) is 13.8 Å². The van der Waals surface area contributed by atoms with E-state index in [2.05, 4.69) is 39.9 Å². The second kappa shape index (κ2) is 3.94. The van der Waals surface area contributed by atoms with Crippen LogP contribution < -0.4 is 11.1 Å². The molecule has 17 heavy (non-hydrogen) atoms. The van der Waals surface area contributed by atoms with Crippen molar-refractivity contribution < 1.29 is 4.74 Å². The molecule has 3 N–H and O–H groups in total. The summed E-state index contributed by atoms with van der Waals surface area (Å²) >= 11 is 0. The molecular weight excluding hydrogens is 212 g/mol. The van der Waals surface area contributed by atoms with Gasteiger partial charge in [0.25, 0.3) is 0 Å². The molecular formula is C14H28N2O. The summed E-state index contributed by atoms with van der Waals surface area (Å²) in [5.74, 6) is 0.529. The minimum Gasteiger partial charge on any atom is -0.377 e. The maximum Gasteiger partial charge on any atom is 0.0690 e. The molecule has 1 saturated heterocycles. The highest BCUT2D eigenvalue weighted by Gasteiger charge is 2.66. The van der Waals surface area contributed by atoms with Crippen LogP contribution in [0.3, 0.4) is 0 Å². The molecule has 100 valence electrons. The van der Waals surface area contributed by atoms with Gasteiger partial charge in [0.2, 0.25) is 0 Å². The first-order valence-corrected chi connectivity index (χ1v) is 6.84. The maximum absolute atomic E-state index is 6.70. The Bertz CT molecular complexity index is 295. The second-order valence-corrected chi connectivity index (χ2v) is 7.41. The highest BCUT2D eigenvalue weighted by molar-refractivity contribution is 5.20. The fourth-order valence-electron chi connectivity index (χ4n) is 3.44. The first-order chi connectivity index (χ1) is 7.68. The zero-order chi connectivity index (χ0) is 12.9. The predicted molar refractivity (Wildman–Crippen MR) is 70.9 cm³/mol. The smallest absolute Gasteiger partial charge is 0.0690 e. The molecule has 3 atom stereocenters. The normalized spacial score (nSPS) is 40.6. The summed E-state index contributed by atoms with van der Waals surface area (Å²) in [6, 6.07) is 0. The van der Waals surface area contributed by atoms with Crippen LogP contribution in [0.15, 0.2) is 0 Å². The van der Waals surface area contributed by atoms with Gasteiger partial charge >= 0.3 is 0 Å². The van der Waals surface area contributed by atoms with E-state index in [4.69, 9.17) is 10.5 Å². The molecule has 2 aliphatic rings. The Hall–Kier alpha value is -0.120. The van der Waals surface area contributed by atoms with Gasteiger partial charge < -0.3 is 15.8 Å². The van der Waals surface area contributed by atoms with E-state index in [9.17, 15) is 0 Å². The van der Waals surface area contributed by atoms with Gasteiger partial charge in [0.05, 0.1) is 6.10 Å². The van der Waals surface area contributed by atoms with Gasteiger partial charge in [-0.2, -0.15) is 0 Å². The number of hydrogen-bond donors (Lipinski definition) is 2. The van der Waals surface area contributed by atoms with Crippen molar-refractivity contribution in [2.75, 3.05) is 13.2 Å². The molecule has 2 fully saturated rings. The summed E-state index contributed by atoms with van der Waals surface area (Å²) in [4.78, 5) is 0. The van der Waals surface area contributed by atoms with E-state index in [0.717, 1.165) is 19.6 Å². The van der Waals surface area contributed by atoms with Crippen molar-refractivity contribution in [2.24, 2.45) is 17.1 Å². The van der Waals surface area contributed by atoms with Crippen LogP contribution in [-0.2, 0) is 4.74 Å². The van der Waals surface area contributed by atoms with Gasteiger partial charge in [-0.3, -0.25) is 0 Å². The molecule has 0 aromatic heterocycles. The Morgan fingerprint density at radius 3 is 2.59 bits per heavy atom. The quantitative estimate of drug-likeness (QED) is 0.775. The van der Waals surface area contributed by atoms with Crippen molar-refractivity contribution in [3.8, 4) is 0 Å². The Kier molecular flexibility index (Phi) is 3.08. The van der Waals surface area contributed by atoms with Crippen LogP contribution in [0.25, 0.3) is 0 Å². The lowest BCUT2D eigenvalue weighted by atomic mass is 9.46. The van der Waals surface area contributed by atoms with Gasteiger partial charge in [-0.15, -0.1) is 0 Å². The molecule has 3 nitrogen and oxygen atoms in total. The largest absolute Gasteiger partial charge is 0.377 e. The summed E-state index contributed by atoms with van der Waals surface area (Å²) in [6.07, 6.45) is 2.74. The average molecular weight is 240 g/mol. The van der Waals surface area contributed by atoms with Crippen LogP contribution in [0.4, 0.5) is 0 Å². The minimum absolute atomic E-state index is 0.0797. The first-order valence-electron chi connectivity index (χ1n) is 6.84. The van der Waals surface area contributed by atoms with Crippen molar-refractivity contribution in [1.82, 2.24) is 5.32 Å². The van der Waals surface area contributed by atoms with Crippen LogP contribution in [-0.4, -0.2) is 30.3 Å². The molecule has 1 saturated carbocycles. The fraction of sp³-hybridized carbons (Fsp3) is 1.00. The van der Waals surface area contributed by atoms with E-state index in [0.29, 0.717) is 12.0 Å². The third-order valence-corrected chi connectivity index (χ3v) is 4.81. The van der Waals surface area contributed by atoms with Crippen molar-refractivity contribution >= 4 is 0 Å². The Labute approximate surface area is 105 Å². The van der Waals surface area contributed by atoms with Gasteiger partial charge in [-0.25, -0.2) is 0 Å². The van der Waals surface area contributed by atoms with Crippen LogP contribution in [0.2, 0.25) is 0 Å². The van der Waals surface area contributed by atoms with Crippen molar-refractivity contribution in [1.29, 1.82) is 0 Å². The highest BCUT2D eigenvalue weighted by Crippen LogP contribution is 2.57. The standard InChI is InChI=1S/C14H28N2O/c1-12(2,3)16-9-14(15)10-7-6-8-17-11(10)13(14,4)5/h10-11,16H,6-9,15H2,1-5H3. The molecule has 1 heterocycles. The average Bonchev–Trinajstić information content (AvgIpc) is 2.25. The highest BCUT2D eigenvalue weighted by atomic mass is 16.5. The van der Waals surface area contributed by atoms with Crippen molar-refractivity contribution in [2.45, 2.75) is 64.6 Å². The van der Waals surface area contributed by atoms with Gasteiger partial charge in [-0.05, 0) is 33.6 Å². The number of rotatable bonds is 2. The molecule has 0 aromatic carbocycles. The maximum atomic E-state index is 6.70. The molecule has 2 rings (SSSR count). The van der Waals surface area contributed by atoms with Crippen molar-refractivity contribution in [3.63, 3.8) is 0 Å². The number of fused-ring (bicyclic) bond motifs is 1. The number of ether oxygens (including phenoxy) is 1. The van der Waals surface area contributed by atoms with E-state index < -0.39 is 0 Å². The molecule has 3 heteroatoms. The van der Waals surface area contributed by atoms with Crippen LogP contribution >= 0.6 is 0 Å². The Morgan fingerprint density at radius 1 is 1.35 bits per heavy atom. The Morgan fingerprint density at radius 2 is 2.00 bits per heavy atom. The van der Waals surface area contributed by atoms with Crippen molar-refractivity contribution in [3.05, 3.63) is 0 Å². The first kappa shape index (κ1) is 13.3. The molecule has 3 unspecified atom stereocenters. The lowest BCUT2D eigenvalue weighted by molar-refractivity contribution is -0.226. The lowest BCUT2D eigenvalue weighted by Crippen LogP contribution is -2.80. The number of nitrogens with one attached hydrogen (secondary N) is 1. The lowest BCUT2D eigenvalue weighted by Gasteiger charge is -2.67.